The normalized spacial score (nSPS) is 11.6. The smallest absolute Gasteiger partial charge is 0.246 e. The predicted molar refractivity (Wildman–Crippen MR) is 84.8 cm³/mol. The van der Waals surface area contributed by atoms with E-state index in [1.54, 1.807) is 11.8 Å². The molecule has 4 nitrogen and oxygen atoms in total. The molecule has 0 radical (unpaired) electrons. The molecule has 4 heteroatoms. The standard InChI is InChI=1S/C17H24N2O2/c1-5-19(6-2)17(21)15(18-16(20)13(3)4)12-14-10-8-7-9-11-14/h7-11,15H,3,5-6,12H2,1-2,4H3,(H,18,20)/t15-/m0/s1. The molecule has 114 valence electrons. The van der Waals surface area contributed by atoms with Crippen molar-refractivity contribution in [3.05, 3.63) is 48.0 Å². The first-order valence-electron chi connectivity index (χ1n) is 7.28. The van der Waals surface area contributed by atoms with Gasteiger partial charge in [-0.1, -0.05) is 36.9 Å². The monoisotopic (exact) mass is 288 g/mol. The van der Waals surface area contributed by atoms with Crippen molar-refractivity contribution in [2.45, 2.75) is 33.2 Å². The van der Waals surface area contributed by atoms with Crippen LogP contribution in [0.3, 0.4) is 0 Å². The quantitative estimate of drug-likeness (QED) is 0.782. The molecule has 1 aromatic carbocycles. The first-order chi connectivity index (χ1) is 9.99. The van der Waals surface area contributed by atoms with Gasteiger partial charge < -0.3 is 10.2 Å². The lowest BCUT2D eigenvalue weighted by molar-refractivity contribution is -0.135. The van der Waals surface area contributed by atoms with E-state index < -0.39 is 6.04 Å². The summed E-state index contributed by atoms with van der Waals surface area (Å²) in [6.45, 7) is 10.4. The maximum Gasteiger partial charge on any atom is 0.246 e. The molecule has 0 unspecified atom stereocenters. The third kappa shape index (κ3) is 5.06. The van der Waals surface area contributed by atoms with Gasteiger partial charge in [-0.15, -0.1) is 0 Å². The van der Waals surface area contributed by atoms with Crippen molar-refractivity contribution >= 4 is 11.8 Å². The lowest BCUT2D eigenvalue weighted by atomic mass is 10.0. The van der Waals surface area contributed by atoms with Crippen molar-refractivity contribution in [2.24, 2.45) is 0 Å². The Bertz CT molecular complexity index is 493. The summed E-state index contributed by atoms with van der Waals surface area (Å²) < 4.78 is 0. The van der Waals surface area contributed by atoms with Crippen LogP contribution < -0.4 is 5.32 Å². The fourth-order valence-electron chi connectivity index (χ4n) is 2.09. The maximum absolute atomic E-state index is 12.5. The Morgan fingerprint density at radius 1 is 1.19 bits per heavy atom. The molecule has 2 amide bonds. The highest BCUT2D eigenvalue weighted by Gasteiger charge is 2.24. The molecule has 0 aliphatic heterocycles. The zero-order valence-electron chi connectivity index (χ0n) is 13.1. The molecule has 0 saturated heterocycles. The van der Waals surface area contributed by atoms with Gasteiger partial charge in [-0.3, -0.25) is 9.59 Å². The lowest BCUT2D eigenvalue weighted by Crippen LogP contribution is -2.49. The zero-order chi connectivity index (χ0) is 15.8. The third-order valence-electron chi connectivity index (χ3n) is 3.35. The van der Waals surface area contributed by atoms with Crippen molar-refractivity contribution in [1.29, 1.82) is 0 Å². The second-order valence-electron chi connectivity index (χ2n) is 5.01. The summed E-state index contributed by atoms with van der Waals surface area (Å²) in [7, 11) is 0. The van der Waals surface area contributed by atoms with Gasteiger partial charge in [0.25, 0.3) is 0 Å². The number of amides is 2. The molecule has 0 heterocycles. The Hall–Kier alpha value is -2.10. The second kappa shape index (κ2) is 8.25. The Balaban J connectivity index is 2.91. The number of carbonyl (C=O) groups excluding carboxylic acids is 2. The SMILES string of the molecule is C=C(C)C(=O)N[C@@H](Cc1ccccc1)C(=O)N(CC)CC. The van der Waals surface area contributed by atoms with Crippen molar-refractivity contribution < 1.29 is 9.59 Å². The van der Waals surface area contributed by atoms with Crippen LogP contribution in [0.5, 0.6) is 0 Å². The number of nitrogens with zero attached hydrogens (tertiary/aromatic N) is 1. The van der Waals surface area contributed by atoms with Gasteiger partial charge in [-0.25, -0.2) is 0 Å². The first kappa shape index (κ1) is 17.0. The lowest BCUT2D eigenvalue weighted by Gasteiger charge is -2.26. The van der Waals surface area contributed by atoms with Crippen LogP contribution >= 0.6 is 0 Å². The van der Waals surface area contributed by atoms with Gasteiger partial charge in [0.2, 0.25) is 11.8 Å². The largest absolute Gasteiger partial charge is 0.341 e. The molecule has 21 heavy (non-hydrogen) atoms. The number of nitrogens with one attached hydrogen (secondary N) is 1. The fourth-order valence-corrected chi connectivity index (χ4v) is 2.09. The van der Waals surface area contributed by atoms with Crippen LogP contribution in [0, 0.1) is 0 Å². The highest BCUT2D eigenvalue weighted by molar-refractivity contribution is 5.96. The average Bonchev–Trinajstić information content (AvgIpc) is 2.48. The summed E-state index contributed by atoms with van der Waals surface area (Å²) in [6.07, 6.45) is 0.481. The van der Waals surface area contributed by atoms with Crippen LogP contribution in [0.15, 0.2) is 42.5 Å². The molecule has 0 saturated carbocycles. The topological polar surface area (TPSA) is 49.4 Å². The Morgan fingerprint density at radius 2 is 1.76 bits per heavy atom. The van der Waals surface area contributed by atoms with E-state index in [4.69, 9.17) is 0 Å². The molecular formula is C17H24N2O2. The van der Waals surface area contributed by atoms with Crippen molar-refractivity contribution in [1.82, 2.24) is 10.2 Å². The van der Waals surface area contributed by atoms with E-state index in [2.05, 4.69) is 11.9 Å². The number of benzene rings is 1. The average molecular weight is 288 g/mol. The highest BCUT2D eigenvalue weighted by Crippen LogP contribution is 2.07. The van der Waals surface area contributed by atoms with Gasteiger partial charge in [0.05, 0.1) is 0 Å². The molecule has 1 aromatic rings. The minimum absolute atomic E-state index is 0.0570. The summed E-state index contributed by atoms with van der Waals surface area (Å²) in [6, 6.07) is 9.13. The van der Waals surface area contributed by atoms with Crippen LogP contribution in [0.4, 0.5) is 0 Å². The number of likely N-dealkylation sites (N-methyl/N-ethyl adjacent to an activating group) is 1. The van der Waals surface area contributed by atoms with Crippen LogP contribution in [0.2, 0.25) is 0 Å². The fraction of sp³-hybridized carbons (Fsp3) is 0.412. The summed E-state index contributed by atoms with van der Waals surface area (Å²) >= 11 is 0. The van der Waals surface area contributed by atoms with E-state index in [0.29, 0.717) is 25.1 Å². The van der Waals surface area contributed by atoms with E-state index >= 15 is 0 Å². The first-order valence-corrected chi connectivity index (χ1v) is 7.28. The van der Waals surface area contributed by atoms with Gasteiger partial charge in [0.1, 0.15) is 6.04 Å². The minimum Gasteiger partial charge on any atom is -0.341 e. The summed E-state index contributed by atoms with van der Waals surface area (Å²) in [4.78, 5) is 26.1. The van der Waals surface area contributed by atoms with Crippen molar-refractivity contribution in [2.75, 3.05) is 13.1 Å². The molecule has 1 atom stereocenters. The Labute approximate surface area is 126 Å². The van der Waals surface area contributed by atoms with Crippen LogP contribution in [-0.2, 0) is 16.0 Å². The minimum atomic E-state index is -0.559. The number of hydrogen-bond donors (Lipinski definition) is 1. The van der Waals surface area contributed by atoms with E-state index in [1.165, 1.54) is 0 Å². The molecule has 0 aliphatic carbocycles. The summed E-state index contributed by atoms with van der Waals surface area (Å²) in [5.74, 6) is -0.338. The van der Waals surface area contributed by atoms with Crippen LogP contribution in [0.1, 0.15) is 26.3 Å². The van der Waals surface area contributed by atoms with Gasteiger partial charge in [-0.2, -0.15) is 0 Å². The molecular weight excluding hydrogens is 264 g/mol. The number of hydrogen-bond acceptors (Lipinski definition) is 2. The summed E-state index contributed by atoms with van der Waals surface area (Å²) in [5, 5.41) is 2.78. The molecule has 1 N–H and O–H groups in total. The number of rotatable bonds is 7. The summed E-state index contributed by atoms with van der Waals surface area (Å²) in [5.41, 5.74) is 1.42. The van der Waals surface area contributed by atoms with Gasteiger partial charge >= 0.3 is 0 Å². The zero-order valence-corrected chi connectivity index (χ0v) is 13.1. The second-order valence-corrected chi connectivity index (χ2v) is 5.01. The maximum atomic E-state index is 12.5. The van der Waals surface area contributed by atoms with Crippen molar-refractivity contribution in [3.8, 4) is 0 Å². The van der Waals surface area contributed by atoms with Crippen LogP contribution in [-0.4, -0.2) is 35.8 Å². The molecule has 0 fully saturated rings. The highest BCUT2D eigenvalue weighted by atomic mass is 16.2. The molecule has 0 bridgehead atoms. The van der Waals surface area contributed by atoms with Crippen molar-refractivity contribution in [3.63, 3.8) is 0 Å². The van der Waals surface area contributed by atoms with E-state index in [0.717, 1.165) is 5.56 Å². The third-order valence-corrected chi connectivity index (χ3v) is 3.35. The Morgan fingerprint density at radius 3 is 2.24 bits per heavy atom. The number of carbonyl (C=O) groups is 2. The molecule has 0 aromatic heterocycles. The molecule has 0 spiro atoms. The van der Waals surface area contributed by atoms with E-state index in [-0.39, 0.29) is 11.8 Å². The van der Waals surface area contributed by atoms with Gasteiger partial charge in [0.15, 0.2) is 0 Å². The van der Waals surface area contributed by atoms with Gasteiger partial charge in [-0.05, 0) is 26.3 Å². The van der Waals surface area contributed by atoms with E-state index in [9.17, 15) is 9.59 Å². The van der Waals surface area contributed by atoms with Crippen LogP contribution in [0.25, 0.3) is 0 Å². The predicted octanol–water partition coefficient (Wildman–Crippen LogP) is 2.16. The van der Waals surface area contributed by atoms with E-state index in [1.807, 2.05) is 44.2 Å². The van der Waals surface area contributed by atoms with Gasteiger partial charge in [0, 0.05) is 25.1 Å². The molecule has 0 aliphatic rings. The Kier molecular flexibility index (Phi) is 6.66. The molecule has 1 rings (SSSR count).